The molecular weight excluding hydrogens is 289 g/mol. The molecule has 20 heavy (non-hydrogen) atoms. The zero-order valence-corrected chi connectivity index (χ0v) is 11.5. The van der Waals surface area contributed by atoms with Gasteiger partial charge < -0.3 is 14.7 Å². The third-order valence-corrected chi connectivity index (χ3v) is 3.36. The minimum atomic E-state index is -1.06. The largest absolute Gasteiger partial charge is 0.480 e. The number of aliphatic carboxylic acids is 1. The number of likely N-dealkylation sites (tertiary alicyclic amines) is 1. The molecule has 0 saturated carbocycles. The van der Waals surface area contributed by atoms with Crippen LogP contribution in [0.3, 0.4) is 0 Å². The second-order valence-electron chi connectivity index (χ2n) is 4.92. The molecule has 5 nitrogen and oxygen atoms in total. The van der Waals surface area contributed by atoms with Crippen molar-refractivity contribution in [2.45, 2.75) is 12.5 Å². The molecular formula is C13H13ClFNO4. The Morgan fingerprint density at radius 2 is 2.15 bits per heavy atom. The summed E-state index contributed by atoms with van der Waals surface area (Å²) in [5, 5.41) is 8.50. The number of carboxylic acid groups (broad SMARTS) is 1. The minimum absolute atomic E-state index is 0.0419. The van der Waals surface area contributed by atoms with E-state index in [0.717, 1.165) is 6.07 Å². The minimum Gasteiger partial charge on any atom is -0.480 e. The van der Waals surface area contributed by atoms with Crippen LogP contribution in [0.4, 0.5) is 4.39 Å². The van der Waals surface area contributed by atoms with Gasteiger partial charge in [0.05, 0.1) is 18.1 Å². The summed E-state index contributed by atoms with van der Waals surface area (Å²) in [5.74, 6) is -2.05. The lowest BCUT2D eigenvalue weighted by Crippen LogP contribution is -2.63. The smallest absolute Gasteiger partial charge is 0.329 e. The highest BCUT2D eigenvalue weighted by molar-refractivity contribution is 6.30. The molecule has 0 unspecified atom stereocenters. The average Bonchev–Trinajstić information content (AvgIpc) is 2.35. The maximum atomic E-state index is 13.3. The van der Waals surface area contributed by atoms with E-state index in [1.807, 2.05) is 0 Å². The third kappa shape index (κ3) is 3.08. The van der Waals surface area contributed by atoms with Gasteiger partial charge in [-0.1, -0.05) is 11.6 Å². The normalized spacial score (nSPS) is 16.6. The summed E-state index contributed by atoms with van der Waals surface area (Å²) in [6.45, 7) is 1.85. The molecule has 1 saturated heterocycles. The number of carbonyl (C=O) groups excluding carboxylic acids is 1. The summed E-state index contributed by atoms with van der Waals surface area (Å²) < 4.78 is 18.5. The van der Waals surface area contributed by atoms with E-state index in [2.05, 4.69) is 0 Å². The van der Waals surface area contributed by atoms with Crippen LogP contribution < -0.4 is 0 Å². The Morgan fingerprint density at radius 3 is 2.70 bits per heavy atom. The maximum absolute atomic E-state index is 13.3. The van der Waals surface area contributed by atoms with E-state index in [1.54, 1.807) is 6.92 Å². The molecule has 0 aliphatic carbocycles. The van der Waals surface area contributed by atoms with Crippen molar-refractivity contribution in [3.63, 3.8) is 0 Å². The highest BCUT2D eigenvalue weighted by atomic mass is 35.5. The quantitative estimate of drug-likeness (QED) is 0.921. The SMILES string of the molecule is CC1(OCC(=O)O)CN(C(=O)c2ccc(Cl)c(F)c2)C1. The number of carboxylic acids is 1. The van der Waals surface area contributed by atoms with E-state index < -0.39 is 24.0 Å². The summed E-state index contributed by atoms with van der Waals surface area (Å²) >= 11 is 5.55. The van der Waals surface area contributed by atoms with Gasteiger partial charge in [-0.25, -0.2) is 9.18 Å². The Labute approximate surface area is 119 Å². The van der Waals surface area contributed by atoms with Crippen LogP contribution in [0.2, 0.25) is 5.02 Å². The van der Waals surface area contributed by atoms with Crippen molar-refractivity contribution in [2.24, 2.45) is 0 Å². The molecule has 0 radical (unpaired) electrons. The van der Waals surface area contributed by atoms with Gasteiger partial charge in [0.25, 0.3) is 5.91 Å². The molecule has 7 heteroatoms. The van der Waals surface area contributed by atoms with E-state index in [1.165, 1.54) is 17.0 Å². The zero-order valence-electron chi connectivity index (χ0n) is 10.7. The van der Waals surface area contributed by atoms with E-state index in [4.69, 9.17) is 21.4 Å². The highest BCUT2D eigenvalue weighted by Crippen LogP contribution is 2.27. The first-order valence-electron chi connectivity index (χ1n) is 5.91. The Kier molecular flexibility index (Phi) is 3.96. The van der Waals surface area contributed by atoms with Crippen molar-refractivity contribution in [2.75, 3.05) is 19.7 Å². The summed E-state index contributed by atoms with van der Waals surface area (Å²) in [4.78, 5) is 24.0. The Balaban J connectivity index is 1.96. The van der Waals surface area contributed by atoms with Crippen LogP contribution in [0.15, 0.2) is 18.2 Å². The van der Waals surface area contributed by atoms with Gasteiger partial charge >= 0.3 is 5.97 Å². The summed E-state index contributed by atoms with van der Waals surface area (Å²) in [6.07, 6.45) is 0. The number of hydrogen-bond acceptors (Lipinski definition) is 3. The van der Waals surface area contributed by atoms with Crippen LogP contribution >= 0.6 is 11.6 Å². The lowest BCUT2D eigenvalue weighted by molar-refractivity contribution is -0.159. The van der Waals surface area contributed by atoms with Crippen LogP contribution in [0.5, 0.6) is 0 Å². The van der Waals surface area contributed by atoms with Crippen molar-refractivity contribution in [3.05, 3.63) is 34.6 Å². The van der Waals surface area contributed by atoms with Gasteiger partial charge in [0.1, 0.15) is 18.0 Å². The molecule has 0 bridgehead atoms. The maximum Gasteiger partial charge on any atom is 0.329 e. The molecule has 1 heterocycles. The monoisotopic (exact) mass is 301 g/mol. The molecule has 1 aliphatic rings. The Morgan fingerprint density at radius 1 is 1.50 bits per heavy atom. The number of benzene rings is 1. The van der Waals surface area contributed by atoms with E-state index in [0.29, 0.717) is 0 Å². The fourth-order valence-corrected chi connectivity index (χ4v) is 2.16. The second-order valence-corrected chi connectivity index (χ2v) is 5.33. The molecule has 0 atom stereocenters. The highest BCUT2D eigenvalue weighted by Gasteiger charge is 2.43. The number of halogens is 2. The first-order chi connectivity index (χ1) is 9.31. The van der Waals surface area contributed by atoms with Crippen LogP contribution in [0, 0.1) is 5.82 Å². The first kappa shape index (κ1) is 14.7. The molecule has 1 amide bonds. The summed E-state index contributed by atoms with van der Waals surface area (Å²) in [6, 6.07) is 3.85. The van der Waals surface area contributed by atoms with Gasteiger partial charge in [-0.15, -0.1) is 0 Å². The van der Waals surface area contributed by atoms with Gasteiger partial charge in [-0.3, -0.25) is 4.79 Å². The van der Waals surface area contributed by atoms with Crippen LogP contribution in [0.25, 0.3) is 0 Å². The van der Waals surface area contributed by atoms with Gasteiger partial charge in [-0.05, 0) is 25.1 Å². The summed E-state index contributed by atoms with van der Waals surface area (Å²) in [7, 11) is 0. The molecule has 1 N–H and O–H groups in total. The molecule has 0 spiro atoms. The third-order valence-electron chi connectivity index (χ3n) is 3.05. The molecule has 2 rings (SSSR count). The predicted octanol–water partition coefficient (Wildman–Crippen LogP) is 1.79. The van der Waals surface area contributed by atoms with Gasteiger partial charge in [0.2, 0.25) is 0 Å². The molecule has 0 aromatic heterocycles. The number of carbonyl (C=O) groups is 2. The van der Waals surface area contributed by atoms with Crippen LogP contribution in [0.1, 0.15) is 17.3 Å². The van der Waals surface area contributed by atoms with Crippen molar-refractivity contribution in [1.82, 2.24) is 4.90 Å². The average molecular weight is 302 g/mol. The lowest BCUT2D eigenvalue weighted by atomic mass is 9.95. The van der Waals surface area contributed by atoms with E-state index in [-0.39, 0.29) is 29.6 Å². The summed E-state index contributed by atoms with van der Waals surface area (Å²) in [5.41, 5.74) is -0.467. The Bertz CT molecular complexity index is 557. The van der Waals surface area contributed by atoms with Crippen molar-refractivity contribution in [3.8, 4) is 0 Å². The number of rotatable bonds is 4. The van der Waals surface area contributed by atoms with Gasteiger partial charge in [0, 0.05) is 5.56 Å². The van der Waals surface area contributed by atoms with Gasteiger partial charge in [-0.2, -0.15) is 0 Å². The Hall–Kier alpha value is -1.66. The lowest BCUT2D eigenvalue weighted by Gasteiger charge is -2.47. The molecule has 1 aromatic rings. The molecule has 1 fully saturated rings. The number of nitrogens with zero attached hydrogens (tertiary/aromatic N) is 1. The first-order valence-corrected chi connectivity index (χ1v) is 6.29. The van der Waals surface area contributed by atoms with Gasteiger partial charge in [0.15, 0.2) is 0 Å². The topological polar surface area (TPSA) is 66.8 Å². The molecule has 1 aromatic carbocycles. The number of amides is 1. The fraction of sp³-hybridized carbons (Fsp3) is 0.385. The fourth-order valence-electron chi connectivity index (χ4n) is 2.04. The van der Waals surface area contributed by atoms with Crippen LogP contribution in [-0.2, 0) is 9.53 Å². The van der Waals surface area contributed by atoms with Crippen molar-refractivity contribution < 1.29 is 23.8 Å². The van der Waals surface area contributed by atoms with Crippen molar-refractivity contribution >= 4 is 23.5 Å². The standard InChI is InChI=1S/C13H13ClFNO4/c1-13(20-5-11(17)18)6-16(7-13)12(19)8-2-3-9(14)10(15)4-8/h2-4H,5-7H2,1H3,(H,17,18). The predicted molar refractivity (Wildman–Crippen MR) is 69.3 cm³/mol. The number of ether oxygens (including phenoxy) is 1. The zero-order chi connectivity index (χ0) is 14.9. The number of hydrogen-bond donors (Lipinski definition) is 1. The van der Waals surface area contributed by atoms with E-state index in [9.17, 15) is 14.0 Å². The van der Waals surface area contributed by atoms with Crippen LogP contribution in [-0.4, -0.2) is 47.2 Å². The molecule has 108 valence electrons. The molecule has 1 aliphatic heterocycles. The van der Waals surface area contributed by atoms with E-state index >= 15 is 0 Å². The van der Waals surface area contributed by atoms with Crippen molar-refractivity contribution in [1.29, 1.82) is 0 Å². The second kappa shape index (κ2) is 5.38.